The molecule has 1 amide bonds. The molecule has 7 nitrogen and oxygen atoms in total. The summed E-state index contributed by atoms with van der Waals surface area (Å²) < 4.78 is 4.60. The van der Waals surface area contributed by atoms with E-state index < -0.39 is 6.09 Å². The van der Waals surface area contributed by atoms with E-state index in [1.807, 2.05) is 18.2 Å². The van der Waals surface area contributed by atoms with Crippen LogP contribution in [-0.2, 0) is 4.74 Å². The third kappa shape index (κ3) is 3.17. The van der Waals surface area contributed by atoms with E-state index in [-0.39, 0.29) is 0 Å². The number of aromatic amines is 1. The Bertz CT molecular complexity index is 1060. The molecule has 0 unspecified atom stereocenters. The summed E-state index contributed by atoms with van der Waals surface area (Å²) >= 11 is 0. The van der Waals surface area contributed by atoms with Gasteiger partial charge in [0.1, 0.15) is 5.82 Å². The maximum atomic E-state index is 11.4. The van der Waals surface area contributed by atoms with Gasteiger partial charge in [0.15, 0.2) is 5.82 Å². The van der Waals surface area contributed by atoms with Crippen LogP contribution in [0.3, 0.4) is 0 Å². The van der Waals surface area contributed by atoms with Gasteiger partial charge in [0.25, 0.3) is 0 Å². The van der Waals surface area contributed by atoms with Gasteiger partial charge in [0.05, 0.1) is 18.2 Å². The second kappa shape index (κ2) is 6.41. The minimum Gasteiger partial charge on any atom is -0.453 e. The van der Waals surface area contributed by atoms with Crippen LogP contribution in [-0.4, -0.2) is 28.4 Å². The number of nitrogens with one attached hydrogen (secondary N) is 2. The summed E-state index contributed by atoms with van der Waals surface area (Å²) in [5.74, 6) is 7.84. The molecule has 0 bridgehead atoms. The average Bonchev–Trinajstić information content (AvgIpc) is 3.42. The Hall–Kier alpha value is -3.53. The molecule has 1 aliphatic carbocycles. The number of nitrogens with zero attached hydrogens (tertiary/aromatic N) is 2. The number of carbonyl (C=O) groups is 1. The van der Waals surface area contributed by atoms with Crippen molar-refractivity contribution in [2.45, 2.75) is 12.8 Å². The lowest BCUT2D eigenvalue weighted by Crippen LogP contribution is -2.11. The van der Waals surface area contributed by atoms with Crippen molar-refractivity contribution in [2.75, 3.05) is 18.2 Å². The number of hydrogen-bond acceptors (Lipinski definition) is 5. The predicted molar refractivity (Wildman–Crippen MR) is 99.4 cm³/mol. The molecule has 2 heterocycles. The van der Waals surface area contributed by atoms with E-state index in [1.165, 1.54) is 7.11 Å². The van der Waals surface area contributed by atoms with E-state index in [4.69, 9.17) is 5.73 Å². The van der Waals surface area contributed by atoms with Crippen molar-refractivity contribution in [3.8, 4) is 23.0 Å². The molecule has 26 heavy (non-hydrogen) atoms. The number of nitrogens with two attached hydrogens (primary N) is 1. The predicted octanol–water partition coefficient (Wildman–Crippen LogP) is 3.15. The number of aromatic nitrogens is 3. The lowest BCUT2D eigenvalue weighted by Gasteiger charge is -2.07. The quantitative estimate of drug-likeness (QED) is 0.618. The number of H-pyrrole nitrogens is 1. The van der Waals surface area contributed by atoms with Crippen molar-refractivity contribution in [3.63, 3.8) is 0 Å². The molecule has 0 spiro atoms. The zero-order valence-electron chi connectivity index (χ0n) is 14.2. The molecule has 4 rings (SSSR count). The van der Waals surface area contributed by atoms with Gasteiger partial charge in [-0.05, 0) is 48.2 Å². The fourth-order valence-electron chi connectivity index (χ4n) is 2.65. The number of benzene rings is 1. The molecule has 1 saturated carbocycles. The van der Waals surface area contributed by atoms with E-state index in [1.54, 1.807) is 12.3 Å². The maximum absolute atomic E-state index is 11.4. The number of amides is 1. The van der Waals surface area contributed by atoms with E-state index in [2.05, 4.69) is 37.1 Å². The van der Waals surface area contributed by atoms with Gasteiger partial charge >= 0.3 is 6.09 Å². The lowest BCUT2D eigenvalue weighted by molar-refractivity contribution is 0.187. The molecule has 1 aromatic carbocycles. The van der Waals surface area contributed by atoms with E-state index in [0.717, 1.165) is 40.4 Å². The van der Waals surface area contributed by atoms with Crippen molar-refractivity contribution >= 4 is 28.6 Å². The molecule has 130 valence electrons. The standard InChI is InChI=1S/C19H17N5O2/c1-26-19(25)22-16-10-12(6-7-21-16)14-8-13(5-4-11-2-3-11)17-15(9-14)18(20)24-23-17/h6-11H,2-3H2,1H3,(H3,20,23,24)(H,21,22,25). The molecule has 0 radical (unpaired) electrons. The van der Waals surface area contributed by atoms with Gasteiger partial charge in [0.2, 0.25) is 0 Å². The van der Waals surface area contributed by atoms with Crippen molar-refractivity contribution in [1.29, 1.82) is 0 Å². The van der Waals surface area contributed by atoms with Crippen molar-refractivity contribution in [1.82, 2.24) is 15.2 Å². The number of ether oxygens (including phenoxy) is 1. The molecule has 0 saturated heterocycles. The molecular formula is C19H17N5O2. The summed E-state index contributed by atoms with van der Waals surface area (Å²) in [6, 6.07) is 7.57. The summed E-state index contributed by atoms with van der Waals surface area (Å²) in [7, 11) is 1.31. The summed E-state index contributed by atoms with van der Waals surface area (Å²) in [5, 5.41) is 10.4. The number of rotatable bonds is 2. The SMILES string of the molecule is COC(=O)Nc1cc(-c2cc(C#CC3CC3)c3[nH]nc(N)c3c2)ccn1. The average molecular weight is 347 g/mol. The largest absolute Gasteiger partial charge is 0.453 e. The topological polar surface area (TPSA) is 106 Å². The fourth-order valence-corrected chi connectivity index (χ4v) is 2.65. The number of methoxy groups -OCH3 is 1. The lowest BCUT2D eigenvalue weighted by atomic mass is 10.0. The molecule has 0 atom stereocenters. The van der Waals surface area contributed by atoms with E-state index in [9.17, 15) is 4.79 Å². The highest BCUT2D eigenvalue weighted by atomic mass is 16.5. The van der Waals surface area contributed by atoms with Crippen molar-refractivity contribution in [3.05, 3.63) is 36.0 Å². The first-order valence-corrected chi connectivity index (χ1v) is 8.24. The second-order valence-corrected chi connectivity index (χ2v) is 6.15. The van der Waals surface area contributed by atoms with Crippen LogP contribution < -0.4 is 11.1 Å². The molecule has 7 heteroatoms. The van der Waals surface area contributed by atoms with Crippen LogP contribution >= 0.6 is 0 Å². The first kappa shape index (κ1) is 16.0. The third-order valence-electron chi connectivity index (χ3n) is 4.20. The van der Waals surface area contributed by atoms with Gasteiger partial charge in [0, 0.05) is 17.5 Å². The molecule has 4 N–H and O–H groups in total. The first-order chi connectivity index (χ1) is 12.6. The van der Waals surface area contributed by atoms with Gasteiger partial charge in [-0.25, -0.2) is 9.78 Å². The number of anilines is 2. The van der Waals surface area contributed by atoms with Crippen LogP contribution in [0, 0.1) is 17.8 Å². The Kier molecular flexibility index (Phi) is 3.93. The van der Waals surface area contributed by atoms with Crippen LogP contribution in [0.4, 0.5) is 16.4 Å². The van der Waals surface area contributed by atoms with Crippen LogP contribution in [0.2, 0.25) is 0 Å². The Labute approximate surface area is 149 Å². The monoisotopic (exact) mass is 347 g/mol. The first-order valence-electron chi connectivity index (χ1n) is 8.24. The fraction of sp³-hybridized carbons (Fsp3) is 0.211. The molecule has 3 aromatic rings. The normalized spacial score (nSPS) is 13.1. The number of carbonyl (C=O) groups excluding carboxylic acids is 1. The summed E-state index contributed by atoms with van der Waals surface area (Å²) in [5.41, 5.74) is 9.48. The summed E-state index contributed by atoms with van der Waals surface area (Å²) in [6.45, 7) is 0. The molecule has 2 aromatic heterocycles. The van der Waals surface area contributed by atoms with Gasteiger partial charge < -0.3 is 10.5 Å². The number of pyridine rings is 1. The molecule has 0 aliphatic heterocycles. The summed E-state index contributed by atoms with van der Waals surface area (Å²) in [6.07, 6.45) is 3.38. The molecular weight excluding hydrogens is 330 g/mol. The molecule has 1 aliphatic rings. The minimum absolute atomic E-state index is 0.403. The third-order valence-corrected chi connectivity index (χ3v) is 4.20. The van der Waals surface area contributed by atoms with Crippen molar-refractivity contribution < 1.29 is 9.53 Å². The zero-order valence-corrected chi connectivity index (χ0v) is 14.2. The second-order valence-electron chi connectivity index (χ2n) is 6.15. The van der Waals surface area contributed by atoms with E-state index in [0.29, 0.717) is 17.6 Å². The zero-order chi connectivity index (χ0) is 18.1. The highest BCUT2D eigenvalue weighted by molar-refractivity contribution is 5.96. The van der Waals surface area contributed by atoms with Crippen LogP contribution in [0.1, 0.15) is 18.4 Å². The summed E-state index contributed by atoms with van der Waals surface area (Å²) in [4.78, 5) is 15.5. The number of nitrogen functional groups attached to an aromatic ring is 1. The smallest absolute Gasteiger partial charge is 0.412 e. The highest BCUT2D eigenvalue weighted by Gasteiger charge is 2.18. The molecule has 1 fully saturated rings. The van der Waals surface area contributed by atoms with Crippen LogP contribution in [0.25, 0.3) is 22.0 Å². The minimum atomic E-state index is -0.569. The Morgan fingerprint density at radius 2 is 2.19 bits per heavy atom. The maximum Gasteiger partial charge on any atom is 0.412 e. The number of hydrogen-bond donors (Lipinski definition) is 3. The van der Waals surface area contributed by atoms with Crippen LogP contribution in [0.15, 0.2) is 30.5 Å². The van der Waals surface area contributed by atoms with Gasteiger partial charge in [-0.3, -0.25) is 10.4 Å². The number of fused-ring (bicyclic) bond motifs is 1. The van der Waals surface area contributed by atoms with E-state index >= 15 is 0 Å². The van der Waals surface area contributed by atoms with Crippen LogP contribution in [0.5, 0.6) is 0 Å². The van der Waals surface area contributed by atoms with Crippen molar-refractivity contribution in [2.24, 2.45) is 5.92 Å². The van der Waals surface area contributed by atoms with Gasteiger partial charge in [-0.1, -0.05) is 11.8 Å². The highest BCUT2D eigenvalue weighted by Crippen LogP contribution is 2.31. The van der Waals surface area contributed by atoms with Gasteiger partial charge in [-0.15, -0.1) is 0 Å². The Balaban J connectivity index is 1.79. The van der Waals surface area contributed by atoms with Gasteiger partial charge in [-0.2, -0.15) is 5.10 Å². The Morgan fingerprint density at radius 1 is 1.35 bits per heavy atom. The Morgan fingerprint density at radius 3 is 2.96 bits per heavy atom.